The maximum atomic E-state index is 13.0. The second-order valence-corrected chi connectivity index (χ2v) is 4.09. The summed E-state index contributed by atoms with van der Waals surface area (Å²) in [6, 6.07) is 0. The molecule has 1 atom stereocenters. The first kappa shape index (κ1) is 19.2. The summed E-state index contributed by atoms with van der Waals surface area (Å²) >= 11 is 0.898. The highest BCUT2D eigenvalue weighted by Gasteiger charge is 2.79. The maximum absolute atomic E-state index is 13.0. The molecule has 20 heavy (non-hydrogen) atoms. The fourth-order valence-electron chi connectivity index (χ4n) is 0.628. The molecule has 0 saturated heterocycles. The van der Waals surface area contributed by atoms with Gasteiger partial charge in [0.1, 0.15) is 0 Å². The Hall–Kier alpha value is -0.790. The number of aliphatic carboxylic acids is 1. The van der Waals surface area contributed by atoms with Crippen LogP contribution in [0.15, 0.2) is 0 Å². The molecule has 1 N–H and O–H groups in total. The Bertz CT molecular complexity index is 387. The molecule has 0 amide bonds. The third-order valence-electron chi connectivity index (χ3n) is 1.63. The summed E-state index contributed by atoms with van der Waals surface area (Å²) in [7, 11) is 0. The molecule has 0 bridgehead atoms. The van der Waals surface area contributed by atoms with E-state index in [1.807, 2.05) is 4.74 Å². The normalized spacial score (nSPS) is 17.8. The van der Waals surface area contributed by atoms with Crippen molar-refractivity contribution in [2.75, 3.05) is 0 Å². The average Bonchev–Trinajstić information content (AvgIpc) is 2.12. The Labute approximate surface area is 110 Å². The Morgan fingerprint density at radius 2 is 1.25 bits per heavy atom. The van der Waals surface area contributed by atoms with Crippen LogP contribution in [0.3, 0.4) is 0 Å². The van der Waals surface area contributed by atoms with Crippen LogP contribution in [0.25, 0.3) is 0 Å². The van der Waals surface area contributed by atoms with Gasteiger partial charge in [-0.1, -0.05) is 0 Å². The van der Waals surface area contributed by atoms with Crippen LogP contribution in [0.5, 0.6) is 0 Å². The fraction of sp³-hybridized carbons (Fsp3) is 0.833. The van der Waals surface area contributed by atoms with E-state index in [0.717, 1.165) is 15.9 Å². The molecule has 0 aromatic carbocycles. The number of rotatable bonds is 5. The molecule has 0 radical (unpaired) electrons. The second-order valence-electron chi connectivity index (χ2n) is 3.09. The zero-order chi connectivity index (χ0) is 16.8. The maximum Gasteiger partial charge on any atom is 0.462 e. The standard InChI is InChI=1S/C6HBrF10O3/c7-4(11,12)2(8,1(18)19)20-6(16,17)3(9,10)5(13,14)15/h(H,18,19). The van der Waals surface area contributed by atoms with Gasteiger partial charge in [0.25, 0.3) is 0 Å². The van der Waals surface area contributed by atoms with Gasteiger partial charge >= 0.3 is 34.9 Å². The van der Waals surface area contributed by atoms with E-state index in [-0.39, 0.29) is 0 Å². The second kappa shape index (κ2) is 4.89. The number of alkyl halides is 11. The molecule has 0 heterocycles. The van der Waals surface area contributed by atoms with Crippen molar-refractivity contribution in [2.45, 2.75) is 28.9 Å². The third-order valence-corrected chi connectivity index (χ3v) is 2.14. The van der Waals surface area contributed by atoms with E-state index in [2.05, 4.69) is 0 Å². The summed E-state index contributed by atoms with van der Waals surface area (Å²) < 4.78 is 124. The highest BCUT2D eigenvalue weighted by Crippen LogP contribution is 2.51. The summed E-state index contributed by atoms with van der Waals surface area (Å²) in [4.78, 5) is 4.52. The Balaban J connectivity index is 5.73. The first-order chi connectivity index (χ1) is 8.40. The van der Waals surface area contributed by atoms with Crippen molar-refractivity contribution in [2.24, 2.45) is 0 Å². The summed E-state index contributed by atoms with van der Waals surface area (Å²) in [5.41, 5.74) is 0. The van der Waals surface area contributed by atoms with Gasteiger partial charge in [-0.3, -0.25) is 4.74 Å². The molecule has 0 spiro atoms. The van der Waals surface area contributed by atoms with Crippen molar-refractivity contribution in [1.82, 2.24) is 0 Å². The van der Waals surface area contributed by atoms with Crippen LogP contribution in [0, 0.1) is 0 Å². The Morgan fingerprint density at radius 3 is 1.45 bits per heavy atom. The van der Waals surface area contributed by atoms with Crippen LogP contribution in [0.1, 0.15) is 0 Å². The number of halogens is 11. The Kier molecular flexibility index (Phi) is 4.70. The minimum Gasteiger partial charge on any atom is -0.477 e. The van der Waals surface area contributed by atoms with E-state index >= 15 is 0 Å². The largest absolute Gasteiger partial charge is 0.477 e. The van der Waals surface area contributed by atoms with E-state index < -0.39 is 34.9 Å². The predicted octanol–water partition coefficient (Wildman–Crippen LogP) is 3.53. The molecule has 14 heteroatoms. The molecule has 1 unspecified atom stereocenters. The molecule has 120 valence electrons. The molecular formula is C6HBrF10O3. The van der Waals surface area contributed by atoms with Gasteiger partial charge in [0.2, 0.25) is 0 Å². The summed E-state index contributed by atoms with van der Waals surface area (Å²) in [6.07, 6.45) is -13.9. The zero-order valence-electron chi connectivity index (χ0n) is 8.42. The lowest BCUT2D eigenvalue weighted by Gasteiger charge is -2.33. The Morgan fingerprint density at radius 1 is 0.900 bits per heavy atom. The van der Waals surface area contributed by atoms with Gasteiger partial charge in [0.15, 0.2) is 0 Å². The summed E-state index contributed by atoms with van der Waals surface area (Å²) in [6.45, 7) is 0. The molecule has 3 nitrogen and oxygen atoms in total. The lowest BCUT2D eigenvalue weighted by atomic mass is 10.2. The topological polar surface area (TPSA) is 46.5 Å². The molecule has 0 aromatic rings. The van der Waals surface area contributed by atoms with E-state index in [1.165, 1.54) is 0 Å². The lowest BCUT2D eigenvalue weighted by molar-refractivity contribution is -0.459. The van der Waals surface area contributed by atoms with E-state index in [4.69, 9.17) is 5.11 Å². The first-order valence-electron chi connectivity index (χ1n) is 3.91. The van der Waals surface area contributed by atoms with Crippen molar-refractivity contribution in [3.05, 3.63) is 0 Å². The van der Waals surface area contributed by atoms with Gasteiger partial charge in [-0.25, -0.2) is 4.79 Å². The van der Waals surface area contributed by atoms with Crippen molar-refractivity contribution in [3.63, 3.8) is 0 Å². The lowest BCUT2D eigenvalue weighted by Crippen LogP contribution is -2.61. The quantitative estimate of drug-likeness (QED) is 0.577. The van der Waals surface area contributed by atoms with Crippen molar-refractivity contribution < 1.29 is 58.5 Å². The SMILES string of the molecule is O=C(O)C(F)(OC(F)(F)C(F)(F)C(F)(F)F)C(F)(F)Br. The fourth-order valence-corrected chi connectivity index (χ4v) is 0.879. The third kappa shape index (κ3) is 3.10. The van der Waals surface area contributed by atoms with Crippen LogP contribution < -0.4 is 0 Å². The molecule has 0 rings (SSSR count). The van der Waals surface area contributed by atoms with E-state index in [9.17, 15) is 48.7 Å². The molecule has 0 saturated carbocycles. The van der Waals surface area contributed by atoms with E-state index in [0.29, 0.717) is 0 Å². The summed E-state index contributed by atoms with van der Waals surface area (Å²) in [5.74, 6) is -16.6. The smallest absolute Gasteiger partial charge is 0.462 e. The molecule has 0 aliphatic rings. The average molecular weight is 391 g/mol. The van der Waals surface area contributed by atoms with Gasteiger partial charge in [-0.15, -0.1) is 0 Å². The van der Waals surface area contributed by atoms with Crippen LogP contribution in [-0.2, 0) is 9.53 Å². The minimum absolute atomic E-state index is 0.898. The molecule has 0 fully saturated rings. The van der Waals surface area contributed by atoms with E-state index in [1.54, 1.807) is 0 Å². The van der Waals surface area contributed by atoms with Crippen LogP contribution >= 0.6 is 15.9 Å². The van der Waals surface area contributed by atoms with Crippen LogP contribution in [0.4, 0.5) is 43.9 Å². The highest BCUT2D eigenvalue weighted by atomic mass is 79.9. The number of carboxylic acid groups (broad SMARTS) is 1. The monoisotopic (exact) mass is 390 g/mol. The van der Waals surface area contributed by atoms with Gasteiger partial charge in [-0.05, 0) is 15.9 Å². The number of ether oxygens (including phenoxy) is 1. The van der Waals surface area contributed by atoms with Crippen LogP contribution in [-0.4, -0.2) is 40.0 Å². The molecule has 0 aromatic heterocycles. The van der Waals surface area contributed by atoms with Crippen molar-refractivity contribution in [3.8, 4) is 0 Å². The van der Waals surface area contributed by atoms with Gasteiger partial charge < -0.3 is 5.11 Å². The number of hydrogen-bond acceptors (Lipinski definition) is 2. The van der Waals surface area contributed by atoms with Gasteiger partial charge in [-0.2, -0.15) is 43.9 Å². The first-order valence-corrected chi connectivity index (χ1v) is 4.71. The van der Waals surface area contributed by atoms with Crippen molar-refractivity contribution in [1.29, 1.82) is 0 Å². The summed E-state index contributed by atoms with van der Waals surface area (Å²) in [5, 5.41) is 7.93. The number of carbonyl (C=O) groups is 1. The zero-order valence-corrected chi connectivity index (χ0v) is 10.0. The minimum atomic E-state index is -7.12. The van der Waals surface area contributed by atoms with Crippen LogP contribution in [0.2, 0.25) is 0 Å². The van der Waals surface area contributed by atoms with Gasteiger partial charge in [0, 0.05) is 0 Å². The van der Waals surface area contributed by atoms with Crippen molar-refractivity contribution >= 4 is 21.9 Å². The van der Waals surface area contributed by atoms with Gasteiger partial charge in [0.05, 0.1) is 0 Å². The number of hydrogen-bond donors (Lipinski definition) is 1. The highest BCUT2D eigenvalue weighted by molar-refractivity contribution is 9.10. The molecular weight excluding hydrogens is 390 g/mol. The predicted molar refractivity (Wildman–Crippen MR) is 42.4 cm³/mol. The molecule has 0 aliphatic heterocycles. The molecule has 0 aliphatic carbocycles. The number of carboxylic acids is 1.